The summed E-state index contributed by atoms with van der Waals surface area (Å²) in [5.41, 5.74) is -2.88. The third kappa shape index (κ3) is 6.12. The smallest absolute Gasteiger partial charge is 0.328 e. The third-order valence-electron chi connectivity index (χ3n) is 4.11. The van der Waals surface area contributed by atoms with Gasteiger partial charge in [-0.1, -0.05) is 23.2 Å². The number of halogens is 4. The molecule has 0 saturated heterocycles. The summed E-state index contributed by atoms with van der Waals surface area (Å²) >= 11 is 11.8. The number of nitriles is 1. The van der Waals surface area contributed by atoms with Crippen molar-refractivity contribution in [3.63, 3.8) is 0 Å². The van der Waals surface area contributed by atoms with Gasteiger partial charge in [0, 0.05) is 10.6 Å². The highest BCUT2D eigenvalue weighted by Crippen LogP contribution is 2.30. The molecule has 16 heteroatoms. The number of hydrogen-bond donors (Lipinski definition) is 2. The topological polar surface area (TPSA) is 152 Å². The summed E-state index contributed by atoms with van der Waals surface area (Å²) in [6.45, 7) is -1.12. The van der Waals surface area contributed by atoms with E-state index in [9.17, 15) is 18.4 Å². The lowest BCUT2D eigenvalue weighted by Crippen LogP contribution is -2.31. The lowest BCUT2D eigenvalue weighted by molar-refractivity contribution is 0.141. The van der Waals surface area contributed by atoms with Crippen LogP contribution in [0.4, 0.5) is 8.78 Å². The fourth-order valence-corrected chi connectivity index (χ4v) is 3.36. The van der Waals surface area contributed by atoms with E-state index in [0.717, 1.165) is 17.0 Å². The van der Waals surface area contributed by atoms with E-state index < -0.39 is 50.9 Å². The van der Waals surface area contributed by atoms with Gasteiger partial charge in [-0.05, 0) is 24.3 Å². The molecular weight excluding hydrogens is 522 g/mol. The fraction of sp³-hybridized carbons (Fsp3) is 0.167. The van der Waals surface area contributed by atoms with Gasteiger partial charge in [0.15, 0.2) is 12.4 Å². The molecule has 2 heterocycles. The number of nitrogens with zero attached hydrogens (tertiary/aromatic N) is 5. The van der Waals surface area contributed by atoms with Crippen molar-refractivity contribution in [2.45, 2.75) is 19.7 Å². The van der Waals surface area contributed by atoms with Gasteiger partial charge in [0.25, 0.3) is 17.5 Å². The Morgan fingerprint density at radius 2 is 1.91 bits per heavy atom. The van der Waals surface area contributed by atoms with Crippen LogP contribution < -0.4 is 15.9 Å². The molecule has 2 aromatic heterocycles. The Labute approximate surface area is 200 Å². The molecule has 0 amide bonds. The molecule has 0 bridgehead atoms. The van der Waals surface area contributed by atoms with E-state index in [1.54, 1.807) is 0 Å². The van der Waals surface area contributed by atoms with Crippen molar-refractivity contribution in [1.82, 2.24) is 19.3 Å². The van der Waals surface area contributed by atoms with E-state index in [2.05, 4.69) is 14.6 Å². The maximum absolute atomic E-state index is 13.5. The zero-order valence-electron chi connectivity index (χ0n) is 16.6. The van der Waals surface area contributed by atoms with Gasteiger partial charge in [-0.25, -0.2) is 18.4 Å². The van der Waals surface area contributed by atoms with Crippen LogP contribution >= 0.6 is 31.8 Å². The van der Waals surface area contributed by atoms with E-state index in [4.69, 9.17) is 43.0 Å². The Morgan fingerprint density at radius 1 is 1.18 bits per heavy atom. The normalized spacial score (nSPS) is 11.1. The second-order valence-corrected chi connectivity index (χ2v) is 7.98. The predicted molar refractivity (Wildman–Crippen MR) is 115 cm³/mol. The predicted octanol–water partition coefficient (Wildman–Crippen LogP) is 2.94. The molecule has 0 aliphatic rings. The summed E-state index contributed by atoms with van der Waals surface area (Å²) in [5.74, 6) is -0.989. The van der Waals surface area contributed by atoms with E-state index in [0.29, 0.717) is 4.68 Å². The molecule has 1 aromatic carbocycles. The van der Waals surface area contributed by atoms with E-state index in [-0.39, 0.29) is 27.1 Å². The van der Waals surface area contributed by atoms with Crippen LogP contribution in [0.15, 0.2) is 40.2 Å². The highest BCUT2D eigenvalue weighted by Gasteiger charge is 2.23. The molecule has 0 radical (unpaired) electrons. The van der Waals surface area contributed by atoms with Crippen LogP contribution in [0, 0.1) is 11.3 Å². The fourth-order valence-electron chi connectivity index (χ4n) is 2.70. The highest BCUT2D eigenvalue weighted by atomic mass is 35.5. The van der Waals surface area contributed by atoms with Crippen molar-refractivity contribution in [2.75, 3.05) is 0 Å². The maximum Gasteiger partial charge on any atom is 0.328 e. The third-order valence-corrected chi connectivity index (χ3v) is 4.86. The summed E-state index contributed by atoms with van der Waals surface area (Å²) in [6.07, 6.45) is -2.38. The van der Waals surface area contributed by atoms with Gasteiger partial charge in [0.05, 0.1) is 24.5 Å². The Kier molecular flexibility index (Phi) is 8.27. The monoisotopic (exact) mass is 533 g/mol. The minimum absolute atomic E-state index is 0.0638. The van der Waals surface area contributed by atoms with E-state index >= 15 is 0 Å². The van der Waals surface area contributed by atoms with Crippen molar-refractivity contribution in [1.29, 1.82) is 5.26 Å². The zero-order valence-corrected chi connectivity index (χ0v) is 19.0. The van der Waals surface area contributed by atoms with Gasteiger partial charge >= 0.3 is 8.60 Å². The van der Waals surface area contributed by atoms with Crippen molar-refractivity contribution in [3.05, 3.63) is 78.3 Å². The molecule has 2 N–H and O–H groups in total. The second kappa shape index (κ2) is 11.0. The summed E-state index contributed by atoms with van der Waals surface area (Å²) in [6, 6.07) is 6.66. The molecule has 0 atom stereocenters. The molecule has 0 saturated carbocycles. The Morgan fingerprint density at radius 3 is 2.56 bits per heavy atom. The molecule has 34 heavy (non-hydrogen) atoms. The minimum Gasteiger partial charge on any atom is -0.449 e. The van der Waals surface area contributed by atoms with Crippen LogP contribution in [0.3, 0.4) is 0 Å². The molecular formula is C18H12Cl2F2N5O6P. The molecule has 3 rings (SSSR count). The van der Waals surface area contributed by atoms with Crippen molar-refractivity contribution < 1.29 is 27.8 Å². The number of hydrogen-bond acceptors (Lipinski definition) is 9. The van der Waals surface area contributed by atoms with Crippen LogP contribution in [0.25, 0.3) is 0 Å². The largest absolute Gasteiger partial charge is 0.449 e. The number of ether oxygens (including phenoxy) is 1. The summed E-state index contributed by atoms with van der Waals surface area (Å²) < 4.78 is 38.4. The SMILES string of the molecule is N#Cc1cc(Cl)cc(Oc2c(C(F)F)ncn(Cc3cc(Cl)nn(COP(O)O)c3=O)c2=O)c1. The lowest BCUT2D eigenvalue weighted by atomic mass is 10.2. The first-order valence-electron chi connectivity index (χ1n) is 8.92. The van der Waals surface area contributed by atoms with Crippen LogP contribution in [-0.2, 0) is 17.8 Å². The molecule has 11 nitrogen and oxygen atoms in total. The number of rotatable bonds is 8. The van der Waals surface area contributed by atoms with Gasteiger partial charge < -0.3 is 14.5 Å². The van der Waals surface area contributed by atoms with Gasteiger partial charge in [-0.2, -0.15) is 10.4 Å². The average Bonchev–Trinajstić information content (AvgIpc) is 2.76. The first-order valence-corrected chi connectivity index (χ1v) is 10.8. The van der Waals surface area contributed by atoms with Gasteiger partial charge in [-0.3, -0.25) is 18.7 Å². The molecule has 0 aliphatic carbocycles. The van der Waals surface area contributed by atoms with Crippen LogP contribution in [-0.4, -0.2) is 29.1 Å². The quantitative estimate of drug-likeness (QED) is 0.416. The Hall–Kier alpha value is -2.98. The molecule has 0 aliphatic heterocycles. The first kappa shape index (κ1) is 25.6. The second-order valence-electron chi connectivity index (χ2n) is 6.39. The number of alkyl halides is 2. The van der Waals surface area contributed by atoms with Gasteiger partial charge in [-0.15, -0.1) is 0 Å². The lowest BCUT2D eigenvalue weighted by Gasteiger charge is -2.13. The van der Waals surface area contributed by atoms with E-state index in [1.807, 2.05) is 6.07 Å². The Bertz CT molecular complexity index is 1380. The van der Waals surface area contributed by atoms with Crippen LogP contribution in [0.5, 0.6) is 11.5 Å². The van der Waals surface area contributed by atoms with Crippen molar-refractivity contribution in [2.24, 2.45) is 0 Å². The molecule has 0 fully saturated rings. The molecule has 3 aromatic rings. The summed E-state index contributed by atoms with van der Waals surface area (Å²) in [4.78, 5) is 46.8. The standard InChI is InChI=1S/C18H12Cl2F2N5O6P/c19-11-1-9(5-23)2-12(4-11)33-15-14(16(21)22)24-7-26(18(15)29)6-10-3-13(20)25-27(17(10)28)8-32-34(30)31/h1-4,7,16,30-31H,6,8H2. The summed E-state index contributed by atoms with van der Waals surface area (Å²) in [7, 11) is -2.78. The van der Waals surface area contributed by atoms with Crippen molar-refractivity contribution >= 4 is 31.8 Å². The maximum atomic E-state index is 13.5. The molecule has 0 unspecified atom stereocenters. The van der Waals surface area contributed by atoms with Crippen molar-refractivity contribution in [3.8, 4) is 17.6 Å². The highest BCUT2D eigenvalue weighted by molar-refractivity contribution is 7.39. The van der Waals surface area contributed by atoms with Gasteiger partial charge in [0.1, 0.15) is 10.9 Å². The van der Waals surface area contributed by atoms with Gasteiger partial charge in [0.2, 0.25) is 5.75 Å². The number of aromatic nitrogens is 4. The Balaban J connectivity index is 2.04. The zero-order chi connectivity index (χ0) is 25.0. The molecule has 0 spiro atoms. The van der Waals surface area contributed by atoms with Crippen LogP contribution in [0.2, 0.25) is 10.2 Å². The number of benzene rings is 1. The summed E-state index contributed by atoms with van der Waals surface area (Å²) in [5, 5.41) is 12.6. The average molecular weight is 534 g/mol. The first-order chi connectivity index (χ1) is 16.1. The molecule has 178 valence electrons. The minimum atomic E-state index is -3.18. The van der Waals surface area contributed by atoms with E-state index in [1.165, 1.54) is 18.2 Å². The van der Waals surface area contributed by atoms with Crippen LogP contribution in [0.1, 0.15) is 23.2 Å².